The van der Waals surface area contributed by atoms with Gasteiger partial charge in [-0.3, -0.25) is 0 Å². The molecule has 126 valence electrons. The van der Waals surface area contributed by atoms with E-state index in [1.165, 1.54) is 23.9 Å². The number of H-pyrrole nitrogens is 1. The molecule has 3 rings (SSSR count). The van der Waals surface area contributed by atoms with E-state index in [1.807, 2.05) is 12.1 Å². The number of thioether (sulfide) groups is 1. The van der Waals surface area contributed by atoms with Crippen molar-refractivity contribution in [3.05, 3.63) is 47.5 Å². The maximum Gasteiger partial charge on any atom is 0.238 e. The summed E-state index contributed by atoms with van der Waals surface area (Å²) in [5.74, 6) is 1.27. The molecule has 0 atom stereocenters. The van der Waals surface area contributed by atoms with Crippen molar-refractivity contribution in [2.75, 3.05) is 12.4 Å². The summed E-state index contributed by atoms with van der Waals surface area (Å²) in [6.45, 7) is 0.456. The Labute approximate surface area is 148 Å². The Morgan fingerprint density at radius 2 is 1.96 bits per heavy atom. The number of fused-ring (bicyclic) bond motifs is 1. The summed E-state index contributed by atoms with van der Waals surface area (Å²) in [5, 5.41) is 6.50. The lowest BCUT2D eigenvalue weighted by molar-refractivity contribution is 0.343. The van der Waals surface area contributed by atoms with Crippen molar-refractivity contribution in [3.63, 3.8) is 0 Å². The number of ether oxygens (including phenoxy) is 1. The van der Waals surface area contributed by atoms with Gasteiger partial charge in [-0.15, -0.1) is 0 Å². The second-order valence-corrected chi connectivity index (χ2v) is 8.00. The molecule has 0 fully saturated rings. The van der Waals surface area contributed by atoms with E-state index >= 15 is 0 Å². The maximum atomic E-state index is 11.2. The van der Waals surface area contributed by atoms with E-state index in [9.17, 15) is 8.42 Å². The zero-order valence-corrected chi connectivity index (χ0v) is 14.8. The number of sulfonamides is 1. The molecule has 1 heterocycles. The Balaban J connectivity index is 1.52. The highest BCUT2D eigenvalue weighted by atomic mass is 35.5. The number of hydrogen-bond donors (Lipinski definition) is 2. The van der Waals surface area contributed by atoms with Gasteiger partial charge in [0.05, 0.1) is 22.5 Å². The van der Waals surface area contributed by atoms with Crippen molar-refractivity contribution in [1.29, 1.82) is 0 Å². The number of rotatable bonds is 6. The third-order valence-electron chi connectivity index (χ3n) is 3.17. The first-order valence-electron chi connectivity index (χ1n) is 6.95. The van der Waals surface area contributed by atoms with Crippen LogP contribution in [0.3, 0.4) is 0 Å². The fourth-order valence-electron chi connectivity index (χ4n) is 2.05. The fraction of sp³-hybridized carbons (Fsp3) is 0.133. The van der Waals surface area contributed by atoms with Gasteiger partial charge < -0.3 is 9.72 Å². The molecule has 0 aliphatic heterocycles. The quantitative estimate of drug-likeness (QED) is 0.503. The summed E-state index contributed by atoms with van der Waals surface area (Å²) in [6.07, 6.45) is 0. The molecule has 24 heavy (non-hydrogen) atoms. The summed E-state index contributed by atoms with van der Waals surface area (Å²) >= 11 is 7.47. The van der Waals surface area contributed by atoms with Crippen LogP contribution in [0.5, 0.6) is 5.75 Å². The lowest BCUT2D eigenvalue weighted by atomic mass is 10.3. The number of halogens is 1. The molecule has 1 aromatic heterocycles. The molecule has 6 nitrogen and oxygen atoms in total. The van der Waals surface area contributed by atoms with E-state index in [0.717, 1.165) is 16.2 Å². The largest absolute Gasteiger partial charge is 0.493 e. The number of benzene rings is 2. The number of hydrogen-bond acceptors (Lipinski definition) is 5. The number of nitrogens with zero attached hydrogens (tertiary/aromatic N) is 1. The van der Waals surface area contributed by atoms with Crippen LogP contribution >= 0.6 is 23.4 Å². The van der Waals surface area contributed by atoms with Crippen molar-refractivity contribution < 1.29 is 13.2 Å². The molecular weight excluding hydrogens is 370 g/mol. The summed E-state index contributed by atoms with van der Waals surface area (Å²) in [6, 6.07) is 11.5. The van der Waals surface area contributed by atoms with Gasteiger partial charge >= 0.3 is 0 Å². The standard InChI is InChI=1S/C15H14ClN3O3S2/c16-10-1-6-13-14(9-10)19-15(18-13)23-8-7-22-11-2-4-12(5-3-11)24(17,20)21/h1-6,9H,7-8H2,(H,18,19)(H2,17,20,21). The van der Waals surface area contributed by atoms with Gasteiger partial charge in [-0.2, -0.15) is 0 Å². The number of nitrogens with two attached hydrogens (primary N) is 1. The van der Waals surface area contributed by atoms with Crippen LogP contribution in [0.15, 0.2) is 52.5 Å². The molecule has 2 aromatic carbocycles. The molecule has 3 aromatic rings. The fourth-order valence-corrected chi connectivity index (χ4v) is 3.44. The molecule has 0 radical (unpaired) electrons. The van der Waals surface area contributed by atoms with Crippen molar-refractivity contribution in [2.24, 2.45) is 5.14 Å². The van der Waals surface area contributed by atoms with Crippen molar-refractivity contribution in [2.45, 2.75) is 10.1 Å². The summed E-state index contributed by atoms with van der Waals surface area (Å²) < 4.78 is 27.9. The number of nitrogens with one attached hydrogen (secondary N) is 1. The van der Waals surface area contributed by atoms with Gasteiger partial charge in [-0.25, -0.2) is 18.5 Å². The lowest BCUT2D eigenvalue weighted by Gasteiger charge is -2.05. The lowest BCUT2D eigenvalue weighted by Crippen LogP contribution is -2.11. The summed E-state index contributed by atoms with van der Waals surface area (Å²) in [7, 11) is -3.68. The van der Waals surface area contributed by atoms with Gasteiger partial charge in [0.25, 0.3) is 0 Å². The average molecular weight is 384 g/mol. The molecule has 0 spiro atoms. The minimum absolute atomic E-state index is 0.0603. The average Bonchev–Trinajstić information content (AvgIpc) is 2.93. The third kappa shape index (κ3) is 4.21. The summed E-state index contributed by atoms with van der Waals surface area (Å²) in [4.78, 5) is 7.70. The first-order valence-corrected chi connectivity index (χ1v) is 9.86. The molecule has 0 saturated heterocycles. The molecule has 0 aliphatic carbocycles. The first-order chi connectivity index (χ1) is 11.4. The van der Waals surface area contributed by atoms with Gasteiger partial charge in [0, 0.05) is 10.8 Å². The molecular formula is C15H14ClN3O3S2. The monoisotopic (exact) mass is 383 g/mol. The molecule has 0 bridgehead atoms. The predicted molar refractivity (Wildman–Crippen MR) is 95.1 cm³/mol. The van der Waals surface area contributed by atoms with E-state index in [2.05, 4.69) is 9.97 Å². The highest BCUT2D eigenvalue weighted by molar-refractivity contribution is 7.99. The Hall–Kier alpha value is -1.74. The van der Waals surface area contributed by atoms with Crippen LogP contribution in [0.2, 0.25) is 5.02 Å². The highest BCUT2D eigenvalue weighted by Gasteiger charge is 2.07. The van der Waals surface area contributed by atoms with Crippen LogP contribution in [0.25, 0.3) is 11.0 Å². The number of aromatic amines is 1. The van der Waals surface area contributed by atoms with E-state index in [4.69, 9.17) is 21.5 Å². The van der Waals surface area contributed by atoms with Crippen LogP contribution in [0.1, 0.15) is 0 Å². The molecule has 0 unspecified atom stereocenters. The van der Waals surface area contributed by atoms with Gasteiger partial charge in [-0.05, 0) is 42.5 Å². The normalized spacial score (nSPS) is 11.8. The SMILES string of the molecule is NS(=O)(=O)c1ccc(OCCSc2nc3ccc(Cl)cc3[nH]2)cc1. The number of aromatic nitrogens is 2. The minimum Gasteiger partial charge on any atom is -0.493 e. The molecule has 0 aliphatic rings. The van der Waals surface area contributed by atoms with Crippen LogP contribution in [0.4, 0.5) is 0 Å². The van der Waals surface area contributed by atoms with E-state index in [0.29, 0.717) is 23.1 Å². The van der Waals surface area contributed by atoms with Crippen molar-refractivity contribution in [1.82, 2.24) is 9.97 Å². The number of imidazole rings is 1. The molecule has 0 amide bonds. The van der Waals surface area contributed by atoms with Gasteiger partial charge in [-0.1, -0.05) is 23.4 Å². The molecule has 9 heteroatoms. The molecule has 3 N–H and O–H groups in total. The van der Waals surface area contributed by atoms with Gasteiger partial charge in [0.1, 0.15) is 5.75 Å². The van der Waals surface area contributed by atoms with E-state index < -0.39 is 10.0 Å². The third-order valence-corrected chi connectivity index (χ3v) is 5.17. The zero-order valence-electron chi connectivity index (χ0n) is 12.4. The smallest absolute Gasteiger partial charge is 0.238 e. The second-order valence-electron chi connectivity index (χ2n) is 4.92. The van der Waals surface area contributed by atoms with Crippen LogP contribution in [0, 0.1) is 0 Å². The first kappa shape index (κ1) is 17.1. The summed E-state index contributed by atoms with van der Waals surface area (Å²) in [5.41, 5.74) is 1.76. The topological polar surface area (TPSA) is 98.1 Å². The highest BCUT2D eigenvalue weighted by Crippen LogP contribution is 2.22. The minimum atomic E-state index is -3.68. The van der Waals surface area contributed by atoms with Crippen LogP contribution in [-0.2, 0) is 10.0 Å². The Kier molecular flexibility index (Phi) is 5.00. The van der Waals surface area contributed by atoms with Crippen LogP contribution in [-0.4, -0.2) is 30.7 Å². The molecule has 0 saturated carbocycles. The van der Waals surface area contributed by atoms with Gasteiger partial charge in [0.2, 0.25) is 10.0 Å². The maximum absolute atomic E-state index is 11.2. The Morgan fingerprint density at radius 1 is 1.21 bits per heavy atom. The van der Waals surface area contributed by atoms with Crippen molar-refractivity contribution >= 4 is 44.4 Å². The second kappa shape index (κ2) is 7.02. The Bertz CT molecular complexity index is 956. The van der Waals surface area contributed by atoms with Gasteiger partial charge in [0.15, 0.2) is 5.16 Å². The van der Waals surface area contributed by atoms with E-state index in [1.54, 1.807) is 18.2 Å². The van der Waals surface area contributed by atoms with E-state index in [-0.39, 0.29) is 4.90 Å². The van der Waals surface area contributed by atoms with Crippen molar-refractivity contribution in [3.8, 4) is 5.75 Å². The Morgan fingerprint density at radius 3 is 2.67 bits per heavy atom. The zero-order chi connectivity index (χ0) is 17.2. The number of primary sulfonamides is 1. The van der Waals surface area contributed by atoms with Crippen LogP contribution < -0.4 is 9.88 Å². The predicted octanol–water partition coefficient (Wildman–Crippen LogP) is 3.03.